The van der Waals surface area contributed by atoms with Crippen LogP contribution < -0.4 is 0 Å². The fraction of sp³-hybridized carbons (Fsp3) is 1.00. The molecular formula is C20H60O4Si5. The summed E-state index contributed by atoms with van der Waals surface area (Å²) < 4.78 is 27.2. The van der Waals surface area contributed by atoms with Gasteiger partial charge in [-0.25, -0.2) is 0 Å². The third kappa shape index (κ3) is 15.4. The van der Waals surface area contributed by atoms with E-state index in [4.69, 9.17) is 16.5 Å². The number of hydrogen-bond acceptors (Lipinski definition) is 4. The Morgan fingerprint density at radius 2 is 0.517 bits per heavy atom. The van der Waals surface area contributed by atoms with Crippen LogP contribution in [0.15, 0.2) is 0 Å². The highest BCUT2D eigenvalue weighted by atomic mass is 28.5. The summed E-state index contributed by atoms with van der Waals surface area (Å²) in [5, 5.41) is 0. The van der Waals surface area contributed by atoms with Crippen LogP contribution >= 0.6 is 0 Å². The third-order valence-corrected chi connectivity index (χ3v) is 24.7. The van der Waals surface area contributed by atoms with E-state index in [0.29, 0.717) is 0 Å². The van der Waals surface area contributed by atoms with E-state index in [2.05, 4.69) is 80.1 Å². The van der Waals surface area contributed by atoms with Crippen LogP contribution in [0.2, 0.25) is 76.6 Å². The van der Waals surface area contributed by atoms with Crippen molar-refractivity contribution in [3.05, 3.63) is 0 Å². The average Bonchev–Trinajstić information content (AvgIpc) is 2.45. The van der Waals surface area contributed by atoms with Crippen LogP contribution in [0.5, 0.6) is 0 Å². The molecule has 4 nitrogen and oxygen atoms in total. The van der Waals surface area contributed by atoms with Crippen molar-refractivity contribution in [1.82, 2.24) is 0 Å². The molecule has 0 aliphatic carbocycles. The van der Waals surface area contributed by atoms with Crippen LogP contribution in [0, 0.1) is 0 Å². The van der Waals surface area contributed by atoms with E-state index >= 15 is 0 Å². The van der Waals surface area contributed by atoms with Crippen molar-refractivity contribution >= 4 is 42.3 Å². The van der Waals surface area contributed by atoms with Crippen LogP contribution in [0.1, 0.15) is 57.4 Å². The van der Waals surface area contributed by atoms with Gasteiger partial charge >= 0.3 is 9.05 Å². The van der Waals surface area contributed by atoms with Gasteiger partial charge < -0.3 is 16.5 Å². The molecule has 0 spiro atoms. The van der Waals surface area contributed by atoms with Crippen molar-refractivity contribution in [2.24, 2.45) is 0 Å². The van der Waals surface area contributed by atoms with E-state index in [9.17, 15) is 0 Å². The van der Waals surface area contributed by atoms with Crippen LogP contribution in [0.4, 0.5) is 0 Å². The minimum Gasteiger partial charge on any atom is -0.396 e. The van der Waals surface area contributed by atoms with Gasteiger partial charge in [0.15, 0.2) is 33.3 Å². The number of hydrogen-bond donors (Lipinski definition) is 0. The Hall–Kier alpha value is 0.924. The molecule has 0 atom stereocenters. The van der Waals surface area contributed by atoms with Gasteiger partial charge in [0.05, 0.1) is 0 Å². The van der Waals surface area contributed by atoms with E-state index in [1.54, 1.807) is 0 Å². The molecule has 0 bridgehead atoms. The van der Waals surface area contributed by atoms with Crippen molar-refractivity contribution in [3.63, 3.8) is 0 Å². The predicted molar refractivity (Wildman–Crippen MR) is 149 cm³/mol. The number of rotatable bonds is 12. The van der Waals surface area contributed by atoms with Crippen LogP contribution in [0.25, 0.3) is 0 Å². The van der Waals surface area contributed by atoms with Gasteiger partial charge in [0.2, 0.25) is 0 Å². The Bertz CT molecular complexity index is 338. The zero-order valence-corrected chi connectivity index (χ0v) is 24.0. The lowest BCUT2D eigenvalue weighted by Gasteiger charge is -2.45. The topological polar surface area (TPSA) is 36.9 Å². The molecule has 0 aromatic heterocycles. The predicted octanol–water partition coefficient (Wildman–Crippen LogP) is 8.93. The summed E-state index contributed by atoms with van der Waals surface area (Å²) >= 11 is 0. The van der Waals surface area contributed by atoms with Crippen molar-refractivity contribution in [1.29, 1.82) is 0 Å². The van der Waals surface area contributed by atoms with Crippen LogP contribution in [-0.2, 0) is 16.5 Å². The highest BCUT2D eigenvalue weighted by molar-refractivity contribution is 6.92. The van der Waals surface area contributed by atoms with Gasteiger partial charge in [0.25, 0.3) is 0 Å². The van der Waals surface area contributed by atoms with E-state index in [-0.39, 0.29) is 29.7 Å². The molecule has 0 unspecified atom stereocenters. The molecule has 0 aromatic rings. The maximum Gasteiger partial charge on any atom is 0.636 e. The Morgan fingerprint density at radius 1 is 0.379 bits per heavy atom. The van der Waals surface area contributed by atoms with E-state index in [1.165, 1.54) is 0 Å². The first-order chi connectivity index (χ1) is 11.1. The highest BCUT2D eigenvalue weighted by Gasteiger charge is 2.57. The quantitative estimate of drug-likeness (QED) is 0.248. The Balaban J connectivity index is -0.000000480. The highest BCUT2D eigenvalue weighted by Crippen LogP contribution is 2.33. The molecule has 0 rings (SSSR count). The molecule has 0 saturated carbocycles. The average molecular weight is 505 g/mol. The summed E-state index contributed by atoms with van der Waals surface area (Å²) in [7, 11) is -10.8. The molecule has 0 aliphatic heterocycles. The lowest BCUT2D eigenvalue weighted by molar-refractivity contribution is 0.146. The Kier molecular flexibility index (Phi) is 20.7. The minimum atomic E-state index is -3.17. The summed E-state index contributed by atoms with van der Waals surface area (Å²) in [5.41, 5.74) is 0. The second-order valence-electron chi connectivity index (χ2n) is 9.36. The van der Waals surface area contributed by atoms with E-state index in [1.807, 2.05) is 0 Å². The monoisotopic (exact) mass is 504 g/mol. The maximum absolute atomic E-state index is 6.80. The summed E-state index contributed by atoms with van der Waals surface area (Å²) in [5.74, 6) is 0. The summed E-state index contributed by atoms with van der Waals surface area (Å²) in [6, 6.07) is 4.14. The molecule has 184 valence electrons. The largest absolute Gasteiger partial charge is 0.636 e. The Labute approximate surface area is 192 Å². The van der Waals surface area contributed by atoms with Crippen molar-refractivity contribution in [2.45, 2.75) is 134 Å². The minimum absolute atomic E-state index is 0. The standard InChI is InChI=1S/C16H44O4Si5.4CH4/c1-13-21(5,6)17-25(18-22(7,8)14-2,19-23(9,10)15-3)20-24(11,12)16-4;;;;/h13-16H2,1-12H3;4*1H4. The van der Waals surface area contributed by atoms with Gasteiger partial charge in [-0.1, -0.05) is 57.4 Å². The zero-order chi connectivity index (χ0) is 20.2. The van der Waals surface area contributed by atoms with Crippen LogP contribution in [-0.4, -0.2) is 42.3 Å². The molecule has 0 saturated heterocycles. The van der Waals surface area contributed by atoms with Crippen molar-refractivity contribution < 1.29 is 16.5 Å². The third-order valence-electron chi connectivity index (χ3n) is 5.01. The van der Waals surface area contributed by atoms with Gasteiger partial charge in [-0.05, 0) is 76.6 Å². The molecule has 0 aliphatic rings. The summed E-state index contributed by atoms with van der Waals surface area (Å²) in [4.78, 5) is 0. The first-order valence-electron chi connectivity index (χ1n) is 9.88. The summed E-state index contributed by atoms with van der Waals surface area (Å²) in [6.45, 7) is 26.9. The molecule has 0 N–H and O–H groups in total. The molecular weight excluding hydrogens is 445 g/mol. The van der Waals surface area contributed by atoms with Gasteiger partial charge in [0.1, 0.15) is 0 Å². The normalized spacial score (nSPS) is 12.8. The smallest absolute Gasteiger partial charge is 0.396 e. The molecule has 0 radical (unpaired) electrons. The fourth-order valence-electron chi connectivity index (χ4n) is 1.77. The second kappa shape index (κ2) is 14.9. The SMILES string of the molecule is C.C.C.C.CC[Si](C)(C)O[Si](O[Si](C)(C)CC)(O[Si](C)(C)CC)O[Si](C)(C)CC. The molecule has 0 heterocycles. The zero-order valence-electron chi connectivity index (χ0n) is 19.0. The summed E-state index contributed by atoms with van der Waals surface area (Å²) in [6.07, 6.45) is 0. The lowest BCUT2D eigenvalue weighted by atomic mass is 11.0. The Morgan fingerprint density at radius 3 is 0.621 bits per heavy atom. The lowest BCUT2D eigenvalue weighted by Crippen LogP contribution is -2.66. The van der Waals surface area contributed by atoms with E-state index in [0.717, 1.165) is 24.2 Å². The van der Waals surface area contributed by atoms with E-state index < -0.39 is 42.3 Å². The van der Waals surface area contributed by atoms with Gasteiger partial charge in [0, 0.05) is 0 Å². The molecule has 9 heteroatoms. The van der Waals surface area contributed by atoms with Crippen molar-refractivity contribution in [3.8, 4) is 0 Å². The van der Waals surface area contributed by atoms with Gasteiger partial charge in [-0.3, -0.25) is 0 Å². The molecule has 0 aromatic carbocycles. The second-order valence-corrected chi connectivity index (χ2v) is 30.5. The molecule has 29 heavy (non-hydrogen) atoms. The fourth-order valence-corrected chi connectivity index (χ4v) is 18.2. The molecule has 0 amide bonds. The maximum atomic E-state index is 6.80. The first-order valence-corrected chi connectivity index (χ1v) is 24.0. The first kappa shape index (κ1) is 40.3. The van der Waals surface area contributed by atoms with Gasteiger partial charge in [-0.2, -0.15) is 0 Å². The van der Waals surface area contributed by atoms with Crippen molar-refractivity contribution in [2.75, 3.05) is 0 Å². The molecule has 0 fully saturated rings. The van der Waals surface area contributed by atoms with Gasteiger partial charge in [-0.15, -0.1) is 0 Å². The van der Waals surface area contributed by atoms with Crippen LogP contribution in [0.3, 0.4) is 0 Å².